The standard InChI is InChI=1S/C25H40N4/c1-15(2)19-11-9-17(5)21-13-28(26-23(19)21)25(7,8)29-14-22-18(6)10-12-20(16(3)4)24(22)27-29/h13-20H,9-12H2,1-8H3/t17-,18-,19-,20-/m1/s1. The highest BCUT2D eigenvalue weighted by atomic mass is 15.5. The number of nitrogens with zero attached hydrogens (tertiary/aromatic N) is 4. The molecule has 0 aliphatic heterocycles. The van der Waals surface area contributed by atoms with Crippen molar-refractivity contribution in [2.75, 3.05) is 0 Å². The molecule has 0 amide bonds. The quantitative estimate of drug-likeness (QED) is 0.584. The van der Waals surface area contributed by atoms with Crippen molar-refractivity contribution in [2.45, 2.75) is 110 Å². The van der Waals surface area contributed by atoms with E-state index in [4.69, 9.17) is 10.2 Å². The SMILES string of the molecule is CC(C)[C@H]1CC[C@@H](C)c2cn(C(C)(C)n3cc4c(n3)[C@@H](C(C)C)CC[C@H]4C)nc21. The van der Waals surface area contributed by atoms with Crippen LogP contribution in [0.4, 0.5) is 0 Å². The molecule has 0 fully saturated rings. The molecule has 2 aliphatic carbocycles. The zero-order chi connectivity index (χ0) is 21.1. The Morgan fingerprint density at radius 2 is 1.14 bits per heavy atom. The van der Waals surface area contributed by atoms with Gasteiger partial charge in [-0.1, -0.05) is 41.5 Å². The maximum absolute atomic E-state index is 5.19. The molecule has 0 saturated carbocycles. The molecular formula is C25H40N4. The fourth-order valence-electron chi connectivity index (χ4n) is 5.54. The number of fused-ring (bicyclic) bond motifs is 2. The smallest absolute Gasteiger partial charge is 0.148 e. The second-order valence-corrected chi connectivity index (χ2v) is 11.0. The Morgan fingerprint density at radius 1 is 0.759 bits per heavy atom. The van der Waals surface area contributed by atoms with Gasteiger partial charge in [0.1, 0.15) is 5.66 Å². The van der Waals surface area contributed by atoms with Gasteiger partial charge in [-0.3, -0.25) is 0 Å². The van der Waals surface area contributed by atoms with Crippen molar-refractivity contribution in [1.82, 2.24) is 19.6 Å². The average molecular weight is 397 g/mol. The lowest BCUT2D eigenvalue weighted by Crippen LogP contribution is -2.36. The summed E-state index contributed by atoms with van der Waals surface area (Å²) in [5.41, 5.74) is 5.26. The van der Waals surface area contributed by atoms with Gasteiger partial charge < -0.3 is 0 Å². The van der Waals surface area contributed by atoms with Gasteiger partial charge in [0, 0.05) is 24.2 Å². The van der Waals surface area contributed by atoms with Crippen molar-refractivity contribution >= 4 is 0 Å². The van der Waals surface area contributed by atoms with Gasteiger partial charge in [0.05, 0.1) is 11.4 Å². The van der Waals surface area contributed by atoms with Crippen LogP contribution in [0.1, 0.15) is 127 Å². The minimum atomic E-state index is -0.308. The van der Waals surface area contributed by atoms with Crippen molar-refractivity contribution in [1.29, 1.82) is 0 Å². The predicted molar refractivity (Wildman–Crippen MR) is 120 cm³/mol. The topological polar surface area (TPSA) is 35.6 Å². The van der Waals surface area contributed by atoms with Gasteiger partial charge in [-0.25, -0.2) is 9.36 Å². The van der Waals surface area contributed by atoms with Gasteiger partial charge in [0.2, 0.25) is 0 Å². The summed E-state index contributed by atoms with van der Waals surface area (Å²) in [6.07, 6.45) is 9.69. The third-order valence-corrected chi connectivity index (χ3v) is 7.86. The van der Waals surface area contributed by atoms with Crippen LogP contribution < -0.4 is 0 Å². The molecule has 0 saturated heterocycles. The summed E-state index contributed by atoms with van der Waals surface area (Å²) in [7, 11) is 0. The number of rotatable bonds is 4. The highest BCUT2D eigenvalue weighted by molar-refractivity contribution is 5.31. The minimum Gasteiger partial charge on any atom is -0.245 e. The lowest BCUT2D eigenvalue weighted by Gasteiger charge is -2.28. The Balaban J connectivity index is 1.75. The summed E-state index contributed by atoms with van der Waals surface area (Å²) < 4.78 is 4.39. The van der Waals surface area contributed by atoms with Crippen LogP contribution in [0.15, 0.2) is 12.4 Å². The Labute approximate surface area is 177 Å². The van der Waals surface area contributed by atoms with Crippen molar-refractivity contribution in [3.05, 3.63) is 34.9 Å². The van der Waals surface area contributed by atoms with Crippen LogP contribution in [0.3, 0.4) is 0 Å². The maximum atomic E-state index is 5.19. The van der Waals surface area contributed by atoms with Crippen LogP contribution in [-0.4, -0.2) is 19.6 Å². The summed E-state index contributed by atoms with van der Waals surface area (Å²) in [6.45, 7) is 18.6. The molecular weight excluding hydrogens is 356 g/mol. The number of hydrogen-bond acceptors (Lipinski definition) is 2. The van der Waals surface area contributed by atoms with Crippen LogP contribution in [-0.2, 0) is 5.66 Å². The first-order valence-electron chi connectivity index (χ1n) is 11.8. The minimum absolute atomic E-state index is 0.308. The maximum Gasteiger partial charge on any atom is 0.148 e. The molecule has 0 aromatic carbocycles. The Hall–Kier alpha value is -1.58. The third-order valence-electron chi connectivity index (χ3n) is 7.86. The summed E-state index contributed by atoms with van der Waals surface area (Å²) in [6, 6.07) is 0. The van der Waals surface area contributed by atoms with Gasteiger partial charge in [-0.15, -0.1) is 0 Å². The van der Waals surface area contributed by atoms with E-state index in [1.807, 2.05) is 0 Å². The van der Waals surface area contributed by atoms with Gasteiger partial charge >= 0.3 is 0 Å². The Kier molecular flexibility index (Phi) is 5.19. The van der Waals surface area contributed by atoms with Crippen molar-refractivity contribution in [2.24, 2.45) is 11.8 Å². The molecule has 4 rings (SSSR count). The average Bonchev–Trinajstić information content (AvgIpc) is 3.28. The van der Waals surface area contributed by atoms with E-state index in [-0.39, 0.29) is 5.66 Å². The Morgan fingerprint density at radius 3 is 1.48 bits per heavy atom. The molecule has 2 aromatic rings. The van der Waals surface area contributed by atoms with Crippen LogP contribution in [0.25, 0.3) is 0 Å². The molecule has 4 heteroatoms. The summed E-state index contributed by atoms with van der Waals surface area (Å²) in [5.74, 6) is 3.63. The second-order valence-electron chi connectivity index (χ2n) is 11.0. The zero-order valence-corrected chi connectivity index (χ0v) is 19.7. The van der Waals surface area contributed by atoms with E-state index in [0.29, 0.717) is 35.5 Å². The van der Waals surface area contributed by atoms with E-state index < -0.39 is 0 Å². The summed E-state index contributed by atoms with van der Waals surface area (Å²) in [5, 5.41) is 10.4. The van der Waals surface area contributed by atoms with Crippen molar-refractivity contribution < 1.29 is 0 Å². The first-order valence-corrected chi connectivity index (χ1v) is 11.8. The van der Waals surface area contributed by atoms with Crippen molar-refractivity contribution in [3.63, 3.8) is 0 Å². The fourth-order valence-corrected chi connectivity index (χ4v) is 5.54. The second kappa shape index (κ2) is 7.28. The van der Waals surface area contributed by atoms with Crippen LogP contribution >= 0.6 is 0 Å². The van der Waals surface area contributed by atoms with Gasteiger partial charge in [-0.2, -0.15) is 10.2 Å². The van der Waals surface area contributed by atoms with E-state index in [2.05, 4.69) is 77.1 Å². The predicted octanol–water partition coefficient (Wildman–Crippen LogP) is 6.59. The van der Waals surface area contributed by atoms with Crippen LogP contribution in [0.5, 0.6) is 0 Å². The molecule has 2 aliphatic rings. The molecule has 0 bridgehead atoms. The van der Waals surface area contributed by atoms with Crippen LogP contribution in [0.2, 0.25) is 0 Å². The van der Waals surface area contributed by atoms with Gasteiger partial charge in [0.15, 0.2) is 0 Å². The Bertz CT molecular complexity index is 799. The molecule has 4 atom stereocenters. The highest BCUT2D eigenvalue weighted by Gasteiger charge is 2.36. The van der Waals surface area contributed by atoms with Crippen molar-refractivity contribution in [3.8, 4) is 0 Å². The zero-order valence-electron chi connectivity index (χ0n) is 19.7. The molecule has 2 aromatic heterocycles. The largest absolute Gasteiger partial charge is 0.245 e. The van der Waals surface area contributed by atoms with Gasteiger partial charge in [-0.05, 0) is 74.3 Å². The normalized spacial score (nSPS) is 27.4. The van der Waals surface area contributed by atoms with E-state index in [1.165, 1.54) is 48.2 Å². The molecule has 4 nitrogen and oxygen atoms in total. The molecule has 29 heavy (non-hydrogen) atoms. The van der Waals surface area contributed by atoms with E-state index in [9.17, 15) is 0 Å². The first kappa shape index (κ1) is 20.7. The lowest BCUT2D eigenvalue weighted by molar-refractivity contribution is 0.230. The molecule has 0 N–H and O–H groups in total. The summed E-state index contributed by atoms with van der Waals surface area (Å²) in [4.78, 5) is 0. The molecule has 160 valence electrons. The summed E-state index contributed by atoms with van der Waals surface area (Å²) >= 11 is 0. The molecule has 2 heterocycles. The third kappa shape index (κ3) is 3.37. The number of aromatic nitrogens is 4. The van der Waals surface area contributed by atoms with E-state index in [0.717, 1.165) is 0 Å². The fraction of sp³-hybridized carbons (Fsp3) is 0.760. The lowest BCUT2D eigenvalue weighted by atomic mass is 9.77. The monoisotopic (exact) mass is 396 g/mol. The molecule has 0 radical (unpaired) electrons. The first-order chi connectivity index (χ1) is 13.6. The van der Waals surface area contributed by atoms with E-state index >= 15 is 0 Å². The van der Waals surface area contributed by atoms with E-state index in [1.54, 1.807) is 0 Å². The van der Waals surface area contributed by atoms with Crippen LogP contribution in [0, 0.1) is 11.8 Å². The molecule has 0 spiro atoms. The molecule has 0 unspecified atom stereocenters. The highest BCUT2D eigenvalue weighted by Crippen LogP contribution is 2.44. The number of hydrogen-bond donors (Lipinski definition) is 0. The van der Waals surface area contributed by atoms with Gasteiger partial charge in [0.25, 0.3) is 0 Å².